The van der Waals surface area contributed by atoms with Crippen LogP contribution in [0.15, 0.2) is 47.8 Å². The maximum Gasteiger partial charge on any atom is 0.313 e. The number of quaternary nitrogens is 1. The van der Waals surface area contributed by atoms with Crippen molar-refractivity contribution in [3.63, 3.8) is 0 Å². The van der Waals surface area contributed by atoms with E-state index in [-0.39, 0.29) is 23.4 Å². The highest BCUT2D eigenvalue weighted by atomic mass is 32.2. The van der Waals surface area contributed by atoms with Crippen molar-refractivity contribution in [2.24, 2.45) is 0 Å². The molecule has 3 aromatic rings. The van der Waals surface area contributed by atoms with Gasteiger partial charge in [0.15, 0.2) is 11.5 Å². The number of carbonyl (C=O) groups excluding carboxylic acids is 1. The Labute approximate surface area is 163 Å². The van der Waals surface area contributed by atoms with Gasteiger partial charge in [0.05, 0.1) is 18.0 Å². The Hall–Kier alpha value is -3.28. The van der Waals surface area contributed by atoms with Gasteiger partial charge < -0.3 is 10.4 Å². The second-order valence-corrected chi connectivity index (χ2v) is 6.57. The number of nitrogens with one attached hydrogen (secondary N) is 2. The molecule has 0 atom stereocenters. The lowest BCUT2D eigenvalue weighted by atomic mass is 10.1. The molecule has 1 amide bonds. The van der Waals surface area contributed by atoms with E-state index in [0.29, 0.717) is 22.6 Å². The fraction of sp³-hybridized carbons (Fsp3) is 0.118. The van der Waals surface area contributed by atoms with Crippen molar-refractivity contribution in [3.8, 4) is 11.4 Å². The predicted octanol–water partition coefficient (Wildman–Crippen LogP) is 0.557. The van der Waals surface area contributed by atoms with Crippen LogP contribution in [0.1, 0.15) is 16.1 Å². The van der Waals surface area contributed by atoms with Gasteiger partial charge in [0.1, 0.15) is 0 Å². The van der Waals surface area contributed by atoms with Crippen LogP contribution in [0.3, 0.4) is 0 Å². The van der Waals surface area contributed by atoms with Gasteiger partial charge in [0.2, 0.25) is 5.16 Å². The normalized spacial score (nSPS) is 10.6. The molecule has 0 aliphatic rings. The molecule has 0 fully saturated rings. The number of H-pyrrole nitrogens is 1. The Bertz CT molecular complexity index is 979. The summed E-state index contributed by atoms with van der Waals surface area (Å²) in [5.41, 5.74) is 2.87. The van der Waals surface area contributed by atoms with Crippen molar-refractivity contribution >= 4 is 29.3 Å². The molecule has 0 bridgehead atoms. The van der Waals surface area contributed by atoms with Crippen molar-refractivity contribution in [2.75, 3.05) is 5.75 Å². The summed E-state index contributed by atoms with van der Waals surface area (Å²) in [6, 6.07) is 10.2. The fourth-order valence-corrected chi connectivity index (χ4v) is 2.85. The molecular formula is C17H17N6O4S+. The number of thioether (sulfide) groups is 1. The molecule has 2 aromatic heterocycles. The molecule has 144 valence electrons. The lowest BCUT2D eigenvalue weighted by Crippen LogP contribution is -2.73. The number of aromatic nitrogens is 4. The molecule has 10 nitrogen and oxygen atoms in total. The van der Waals surface area contributed by atoms with Gasteiger partial charge >= 0.3 is 5.97 Å². The summed E-state index contributed by atoms with van der Waals surface area (Å²) in [4.78, 5) is 31.5. The smallest absolute Gasteiger partial charge is 0.313 e. The van der Waals surface area contributed by atoms with Gasteiger partial charge in [-0.25, -0.2) is 10.2 Å². The summed E-state index contributed by atoms with van der Waals surface area (Å²) in [7, 11) is 0. The number of aliphatic carboxylic acids is 1. The maximum absolute atomic E-state index is 12.5. The average molecular weight is 401 g/mol. The first kappa shape index (κ1) is 19.5. The molecule has 6 N–H and O–H groups in total. The highest BCUT2D eigenvalue weighted by molar-refractivity contribution is 7.99. The molecule has 0 unspecified atom stereocenters. The minimum atomic E-state index is -0.972. The van der Waals surface area contributed by atoms with Crippen LogP contribution in [0.5, 0.6) is 0 Å². The molecule has 0 aliphatic carbocycles. The van der Waals surface area contributed by atoms with Crippen LogP contribution in [-0.2, 0) is 11.3 Å². The van der Waals surface area contributed by atoms with Crippen LogP contribution in [0.25, 0.3) is 11.4 Å². The molecule has 11 heteroatoms. The van der Waals surface area contributed by atoms with E-state index in [1.165, 1.54) is 6.07 Å². The zero-order valence-electron chi connectivity index (χ0n) is 14.5. The fourth-order valence-electron chi connectivity index (χ4n) is 2.34. The second kappa shape index (κ2) is 9.08. The Kier molecular flexibility index (Phi) is 6.32. The summed E-state index contributed by atoms with van der Waals surface area (Å²) in [5.74, 6) is -1.12. The van der Waals surface area contributed by atoms with Crippen molar-refractivity contribution in [3.05, 3.63) is 53.9 Å². The Morgan fingerprint density at radius 3 is 2.82 bits per heavy atom. The van der Waals surface area contributed by atoms with E-state index in [2.05, 4.69) is 25.5 Å². The molecule has 3 rings (SSSR count). The summed E-state index contributed by atoms with van der Waals surface area (Å²) in [6.07, 6.45) is 1.64. The van der Waals surface area contributed by atoms with Crippen LogP contribution in [0.4, 0.5) is 5.69 Å². The maximum atomic E-state index is 12.5. The van der Waals surface area contributed by atoms with Crippen LogP contribution in [0, 0.1) is 0 Å². The number of amides is 1. The zero-order valence-corrected chi connectivity index (χ0v) is 15.3. The van der Waals surface area contributed by atoms with E-state index in [0.717, 1.165) is 22.9 Å². The van der Waals surface area contributed by atoms with E-state index in [9.17, 15) is 14.8 Å². The number of nitrogens with two attached hydrogens (primary N) is 1. The lowest BCUT2D eigenvalue weighted by Gasteiger charge is -2.07. The summed E-state index contributed by atoms with van der Waals surface area (Å²) in [6.45, 7) is 0.264. The average Bonchev–Trinajstić information content (AvgIpc) is 3.20. The first-order valence-electron chi connectivity index (χ1n) is 8.13. The van der Waals surface area contributed by atoms with E-state index in [1.807, 2.05) is 6.07 Å². The molecule has 0 radical (unpaired) electrons. The van der Waals surface area contributed by atoms with Crippen molar-refractivity contribution in [2.45, 2.75) is 11.7 Å². The molecule has 0 saturated carbocycles. The minimum Gasteiger partial charge on any atom is -0.481 e. The molecular weight excluding hydrogens is 384 g/mol. The third kappa shape index (κ3) is 5.13. The van der Waals surface area contributed by atoms with Gasteiger partial charge in [-0.2, -0.15) is 5.48 Å². The monoisotopic (exact) mass is 401 g/mol. The zero-order chi connectivity index (χ0) is 19.9. The van der Waals surface area contributed by atoms with E-state index >= 15 is 0 Å². The van der Waals surface area contributed by atoms with Crippen LogP contribution in [-0.4, -0.2) is 48.1 Å². The minimum absolute atomic E-state index is 0.164. The van der Waals surface area contributed by atoms with Gasteiger partial charge in [0.25, 0.3) is 5.91 Å². The number of carboxylic acid groups (broad SMARTS) is 1. The Morgan fingerprint density at radius 2 is 2.11 bits per heavy atom. The van der Waals surface area contributed by atoms with E-state index in [1.54, 1.807) is 30.5 Å². The summed E-state index contributed by atoms with van der Waals surface area (Å²) in [5, 5.41) is 27.8. The third-order valence-corrected chi connectivity index (χ3v) is 4.42. The standard InChI is InChI=1S/C17H16N6O4S/c24-14(25)9-28-17-20-15(21-22-17)10-5-11(7-13(6-10)23-27)16(26)19-8-12-3-1-2-4-18-12/h1-7,23,27H,8-9H2,(H,19,26)(H,24,25)(H,20,21,22)/p+1. The number of hydrogen-bond acceptors (Lipinski definition) is 7. The molecule has 1 aromatic carbocycles. The van der Waals surface area contributed by atoms with Gasteiger partial charge in [-0.05, 0) is 18.2 Å². The van der Waals surface area contributed by atoms with Gasteiger partial charge in [0, 0.05) is 29.5 Å². The number of pyridine rings is 1. The van der Waals surface area contributed by atoms with Crippen LogP contribution < -0.4 is 10.8 Å². The SMILES string of the molecule is O=C(O)CSc1n[nH]c(-c2cc([NH2+]O)cc(C(=O)NCc3ccccn3)c2)n1. The largest absolute Gasteiger partial charge is 0.481 e. The molecule has 0 spiro atoms. The van der Waals surface area contributed by atoms with E-state index < -0.39 is 5.97 Å². The molecule has 0 aliphatic heterocycles. The number of aromatic amines is 1. The first-order chi connectivity index (χ1) is 13.5. The first-order valence-corrected chi connectivity index (χ1v) is 9.11. The van der Waals surface area contributed by atoms with Crippen molar-refractivity contribution in [1.82, 2.24) is 25.5 Å². The molecule has 2 heterocycles. The predicted molar refractivity (Wildman–Crippen MR) is 99.0 cm³/mol. The topological polar surface area (TPSA) is 158 Å². The number of carboxylic acids is 1. The van der Waals surface area contributed by atoms with Crippen molar-refractivity contribution < 1.29 is 25.4 Å². The molecule has 28 heavy (non-hydrogen) atoms. The lowest BCUT2D eigenvalue weighted by molar-refractivity contribution is -0.825. The number of carbonyl (C=O) groups is 2. The van der Waals surface area contributed by atoms with Gasteiger partial charge in [-0.1, -0.05) is 17.8 Å². The quantitative estimate of drug-likeness (QED) is 0.208. The van der Waals surface area contributed by atoms with Crippen molar-refractivity contribution in [1.29, 1.82) is 0 Å². The number of hydrogen-bond donors (Lipinski definition) is 5. The van der Waals surface area contributed by atoms with Crippen LogP contribution >= 0.6 is 11.8 Å². The number of nitrogens with zero attached hydrogens (tertiary/aromatic N) is 3. The molecule has 0 saturated heterocycles. The van der Waals surface area contributed by atoms with Gasteiger partial charge in [-0.3, -0.25) is 19.7 Å². The summed E-state index contributed by atoms with van der Waals surface area (Å²) < 4.78 is 0. The Morgan fingerprint density at radius 1 is 1.25 bits per heavy atom. The highest BCUT2D eigenvalue weighted by Gasteiger charge is 2.15. The number of benzene rings is 1. The van der Waals surface area contributed by atoms with Crippen LogP contribution in [0.2, 0.25) is 0 Å². The highest BCUT2D eigenvalue weighted by Crippen LogP contribution is 2.22. The third-order valence-electron chi connectivity index (χ3n) is 3.59. The Balaban J connectivity index is 1.78. The second-order valence-electron chi connectivity index (χ2n) is 5.63. The van der Waals surface area contributed by atoms with E-state index in [4.69, 9.17) is 5.11 Å². The number of rotatable bonds is 8. The van der Waals surface area contributed by atoms with Gasteiger partial charge in [-0.15, -0.1) is 5.10 Å². The summed E-state index contributed by atoms with van der Waals surface area (Å²) >= 11 is 0.974.